The van der Waals surface area contributed by atoms with Gasteiger partial charge in [-0.1, -0.05) is 25.4 Å². The van der Waals surface area contributed by atoms with Crippen LogP contribution in [0.3, 0.4) is 0 Å². The maximum atomic E-state index is 8.60. The fourth-order valence-electron chi connectivity index (χ4n) is 2.14. The van der Waals surface area contributed by atoms with E-state index in [0.717, 1.165) is 19.6 Å². The molecule has 5 nitrogen and oxygen atoms in total. The Morgan fingerprint density at radius 1 is 1.69 bits per heavy atom. The summed E-state index contributed by atoms with van der Waals surface area (Å²) in [5, 5.41) is 11.6. The number of nitrogens with two attached hydrogens (primary N) is 1. The maximum Gasteiger partial charge on any atom is 0.169 e. The Morgan fingerprint density at radius 2 is 2.44 bits per heavy atom. The van der Waals surface area contributed by atoms with Gasteiger partial charge in [-0.05, 0) is 12.3 Å². The summed E-state index contributed by atoms with van der Waals surface area (Å²) in [6, 6.07) is 0. The lowest BCUT2D eigenvalue weighted by atomic mass is 10.1. The van der Waals surface area contributed by atoms with Crippen LogP contribution in [0.5, 0.6) is 0 Å². The number of nitrogens with zero attached hydrogens (tertiary/aromatic N) is 2. The van der Waals surface area contributed by atoms with Gasteiger partial charge in [0.25, 0.3) is 0 Å². The molecule has 0 aromatic rings. The van der Waals surface area contributed by atoms with E-state index in [0.29, 0.717) is 12.5 Å². The van der Waals surface area contributed by atoms with Gasteiger partial charge in [-0.15, -0.1) is 0 Å². The first-order valence-electron chi connectivity index (χ1n) is 5.98. The average Bonchev–Trinajstić information content (AvgIpc) is 2.28. The number of hydrogen-bond acceptors (Lipinski definition) is 4. The van der Waals surface area contributed by atoms with Crippen LogP contribution in [0.15, 0.2) is 5.16 Å². The molecule has 3 N–H and O–H groups in total. The molecule has 0 radical (unpaired) electrons. The van der Waals surface area contributed by atoms with Gasteiger partial charge in [0.1, 0.15) is 6.10 Å². The number of hydrogen-bond donors (Lipinski definition) is 2. The van der Waals surface area contributed by atoms with Gasteiger partial charge in [-0.2, -0.15) is 0 Å². The van der Waals surface area contributed by atoms with E-state index in [-0.39, 0.29) is 11.9 Å². The molecular weight excluding hydrogens is 206 g/mol. The van der Waals surface area contributed by atoms with Gasteiger partial charge in [0, 0.05) is 19.6 Å². The van der Waals surface area contributed by atoms with E-state index in [1.807, 2.05) is 0 Å². The molecule has 0 amide bonds. The topological polar surface area (TPSA) is 71.1 Å². The van der Waals surface area contributed by atoms with Crippen LogP contribution in [0.2, 0.25) is 0 Å². The molecule has 0 aromatic carbocycles. The van der Waals surface area contributed by atoms with E-state index in [1.54, 1.807) is 0 Å². The monoisotopic (exact) mass is 229 g/mol. The summed E-state index contributed by atoms with van der Waals surface area (Å²) in [5.41, 5.74) is 5.55. The number of morpholine rings is 1. The molecule has 1 rings (SSSR count). The molecule has 1 heterocycles. The van der Waals surface area contributed by atoms with Gasteiger partial charge in [0.15, 0.2) is 5.84 Å². The molecule has 0 bridgehead atoms. The number of ether oxygens (including phenoxy) is 1. The van der Waals surface area contributed by atoms with Crippen molar-refractivity contribution in [2.75, 3.05) is 26.2 Å². The Bertz CT molecular complexity index is 233. The lowest BCUT2D eigenvalue weighted by molar-refractivity contribution is -0.000543. The van der Waals surface area contributed by atoms with Crippen LogP contribution in [0.1, 0.15) is 26.7 Å². The van der Waals surface area contributed by atoms with Crippen LogP contribution < -0.4 is 5.73 Å². The minimum atomic E-state index is -0.257. The smallest absolute Gasteiger partial charge is 0.169 e. The van der Waals surface area contributed by atoms with E-state index in [1.165, 1.54) is 12.8 Å². The Hall–Kier alpha value is -0.810. The molecule has 94 valence electrons. The van der Waals surface area contributed by atoms with Crippen molar-refractivity contribution in [2.24, 2.45) is 16.8 Å². The third-order valence-electron chi connectivity index (χ3n) is 2.95. The fraction of sp³-hybridized carbons (Fsp3) is 0.909. The zero-order valence-corrected chi connectivity index (χ0v) is 10.2. The molecular formula is C11H23N3O2. The molecule has 1 fully saturated rings. The van der Waals surface area contributed by atoms with Crippen molar-refractivity contribution >= 4 is 5.84 Å². The van der Waals surface area contributed by atoms with Crippen molar-refractivity contribution in [3.63, 3.8) is 0 Å². The molecule has 16 heavy (non-hydrogen) atoms. The van der Waals surface area contributed by atoms with Gasteiger partial charge in [-0.25, -0.2) is 0 Å². The normalized spacial score (nSPS) is 25.6. The second-order valence-corrected chi connectivity index (χ2v) is 4.54. The minimum absolute atomic E-state index is 0.174. The highest BCUT2D eigenvalue weighted by Gasteiger charge is 2.24. The summed E-state index contributed by atoms with van der Waals surface area (Å²) >= 11 is 0. The second kappa shape index (κ2) is 6.70. The Balaban J connectivity index is 2.38. The van der Waals surface area contributed by atoms with Crippen molar-refractivity contribution < 1.29 is 9.94 Å². The molecule has 0 saturated carbocycles. The van der Waals surface area contributed by atoms with E-state index >= 15 is 0 Å². The van der Waals surface area contributed by atoms with Crippen molar-refractivity contribution in [3.05, 3.63) is 0 Å². The van der Waals surface area contributed by atoms with Crippen molar-refractivity contribution in [3.8, 4) is 0 Å². The summed E-state index contributed by atoms with van der Waals surface area (Å²) in [4.78, 5) is 2.33. The fourth-order valence-corrected chi connectivity index (χ4v) is 2.14. The molecule has 1 aliphatic heterocycles. The first-order valence-corrected chi connectivity index (χ1v) is 5.98. The Labute approximate surface area is 97.2 Å². The minimum Gasteiger partial charge on any atom is -0.409 e. The third kappa shape index (κ3) is 3.98. The highest BCUT2D eigenvalue weighted by Crippen LogP contribution is 2.11. The molecule has 0 aliphatic carbocycles. The van der Waals surface area contributed by atoms with Crippen molar-refractivity contribution in [1.29, 1.82) is 0 Å². The van der Waals surface area contributed by atoms with E-state index in [9.17, 15) is 0 Å². The summed E-state index contributed by atoms with van der Waals surface area (Å²) in [7, 11) is 0. The van der Waals surface area contributed by atoms with Crippen LogP contribution in [0.4, 0.5) is 0 Å². The quantitative estimate of drug-likeness (QED) is 0.317. The largest absolute Gasteiger partial charge is 0.409 e. The first kappa shape index (κ1) is 13.3. The van der Waals surface area contributed by atoms with Gasteiger partial charge in [0.05, 0.1) is 6.61 Å². The van der Waals surface area contributed by atoms with Gasteiger partial charge >= 0.3 is 0 Å². The van der Waals surface area contributed by atoms with Crippen LogP contribution in [-0.2, 0) is 4.74 Å². The first-order chi connectivity index (χ1) is 7.67. The molecule has 1 aliphatic rings. The van der Waals surface area contributed by atoms with Crippen LogP contribution in [0, 0.1) is 5.92 Å². The summed E-state index contributed by atoms with van der Waals surface area (Å²) in [6.07, 6.45) is 2.20. The predicted molar refractivity (Wildman–Crippen MR) is 63.7 cm³/mol. The van der Waals surface area contributed by atoms with Crippen LogP contribution in [-0.4, -0.2) is 48.3 Å². The molecule has 0 spiro atoms. The summed E-state index contributed by atoms with van der Waals surface area (Å²) in [5.74, 6) is 0.865. The average molecular weight is 229 g/mol. The molecule has 2 unspecified atom stereocenters. The summed E-state index contributed by atoms with van der Waals surface area (Å²) in [6.45, 7) is 7.84. The molecule has 2 atom stereocenters. The molecule has 0 aromatic heterocycles. The number of oxime groups is 1. The third-order valence-corrected chi connectivity index (χ3v) is 2.95. The van der Waals surface area contributed by atoms with Crippen LogP contribution in [0.25, 0.3) is 0 Å². The lowest BCUT2D eigenvalue weighted by Gasteiger charge is -2.33. The summed E-state index contributed by atoms with van der Waals surface area (Å²) < 4.78 is 5.44. The number of rotatable bonds is 5. The van der Waals surface area contributed by atoms with Gasteiger partial charge < -0.3 is 15.7 Å². The maximum absolute atomic E-state index is 8.60. The predicted octanol–water partition coefficient (Wildman–Crippen LogP) is 0.870. The van der Waals surface area contributed by atoms with Crippen molar-refractivity contribution in [2.45, 2.75) is 32.8 Å². The second-order valence-electron chi connectivity index (χ2n) is 4.54. The van der Waals surface area contributed by atoms with Crippen molar-refractivity contribution in [1.82, 2.24) is 4.90 Å². The molecule has 1 saturated heterocycles. The van der Waals surface area contributed by atoms with E-state index in [2.05, 4.69) is 23.9 Å². The zero-order chi connectivity index (χ0) is 12.0. The lowest BCUT2D eigenvalue weighted by Crippen LogP contribution is -2.49. The zero-order valence-electron chi connectivity index (χ0n) is 10.2. The van der Waals surface area contributed by atoms with Gasteiger partial charge in [0.2, 0.25) is 0 Å². The SMILES string of the molecule is CCCC(C)CN1CCOC(C(N)=NO)C1. The molecule has 5 heteroatoms. The standard InChI is InChI=1S/C11H23N3O2/c1-3-4-9(2)7-14-5-6-16-10(8-14)11(12)13-15/h9-10,15H,3-8H2,1-2H3,(H2,12,13). The highest BCUT2D eigenvalue weighted by molar-refractivity contribution is 5.84. The van der Waals surface area contributed by atoms with E-state index in [4.69, 9.17) is 15.7 Å². The van der Waals surface area contributed by atoms with E-state index < -0.39 is 0 Å². The number of amidine groups is 1. The van der Waals surface area contributed by atoms with Gasteiger partial charge in [-0.3, -0.25) is 4.90 Å². The van der Waals surface area contributed by atoms with Crippen LogP contribution >= 0.6 is 0 Å². The Kier molecular flexibility index (Phi) is 5.55. The Morgan fingerprint density at radius 3 is 3.06 bits per heavy atom. The highest BCUT2D eigenvalue weighted by atomic mass is 16.5.